The van der Waals surface area contributed by atoms with Crippen LogP contribution in [0.1, 0.15) is 45.4 Å². The zero-order chi connectivity index (χ0) is 14.3. The van der Waals surface area contributed by atoms with Crippen LogP contribution in [-0.2, 0) is 6.54 Å². The van der Waals surface area contributed by atoms with Gasteiger partial charge in [0.25, 0.3) is 0 Å². The quantitative estimate of drug-likeness (QED) is 0.785. The van der Waals surface area contributed by atoms with Crippen molar-refractivity contribution in [3.8, 4) is 6.01 Å². The molecule has 0 amide bonds. The summed E-state index contributed by atoms with van der Waals surface area (Å²) in [6.45, 7) is 13.3. The molecular weight excluding hydrogens is 238 g/mol. The SMILES string of the molecule is Cc1nc(OCCC(C)C)ncc1CNCC(C)C. The van der Waals surface area contributed by atoms with Crippen molar-refractivity contribution in [2.45, 2.75) is 47.6 Å². The van der Waals surface area contributed by atoms with Gasteiger partial charge < -0.3 is 10.1 Å². The number of nitrogens with zero attached hydrogens (tertiary/aromatic N) is 2. The number of nitrogens with one attached hydrogen (secondary N) is 1. The van der Waals surface area contributed by atoms with E-state index in [1.807, 2.05) is 13.1 Å². The highest BCUT2D eigenvalue weighted by Gasteiger charge is 2.05. The maximum absolute atomic E-state index is 5.55. The van der Waals surface area contributed by atoms with Gasteiger partial charge in [0.15, 0.2) is 0 Å². The maximum atomic E-state index is 5.55. The lowest BCUT2D eigenvalue weighted by Crippen LogP contribution is -2.20. The van der Waals surface area contributed by atoms with Crippen molar-refractivity contribution in [1.29, 1.82) is 0 Å². The zero-order valence-electron chi connectivity index (χ0n) is 12.9. The van der Waals surface area contributed by atoms with Gasteiger partial charge in [-0.15, -0.1) is 0 Å². The Bertz CT molecular complexity index is 378. The van der Waals surface area contributed by atoms with E-state index in [9.17, 15) is 0 Å². The van der Waals surface area contributed by atoms with Gasteiger partial charge in [-0.2, -0.15) is 0 Å². The summed E-state index contributed by atoms with van der Waals surface area (Å²) in [7, 11) is 0. The summed E-state index contributed by atoms with van der Waals surface area (Å²) < 4.78 is 5.55. The molecule has 0 fully saturated rings. The summed E-state index contributed by atoms with van der Waals surface area (Å²) in [4.78, 5) is 8.66. The largest absolute Gasteiger partial charge is 0.463 e. The van der Waals surface area contributed by atoms with Gasteiger partial charge in [-0.25, -0.2) is 9.97 Å². The first-order chi connectivity index (χ1) is 8.99. The molecule has 0 aliphatic carbocycles. The highest BCUT2D eigenvalue weighted by molar-refractivity contribution is 5.17. The lowest BCUT2D eigenvalue weighted by Gasteiger charge is -2.11. The molecule has 0 aliphatic rings. The number of ether oxygens (including phenoxy) is 1. The van der Waals surface area contributed by atoms with Gasteiger partial charge in [0.1, 0.15) is 0 Å². The number of rotatable bonds is 8. The molecule has 0 spiro atoms. The Morgan fingerprint density at radius 2 is 1.95 bits per heavy atom. The number of hydrogen-bond donors (Lipinski definition) is 1. The van der Waals surface area contributed by atoms with Crippen molar-refractivity contribution < 1.29 is 4.74 Å². The second-order valence-corrected chi connectivity index (χ2v) is 5.82. The maximum Gasteiger partial charge on any atom is 0.316 e. The van der Waals surface area contributed by atoms with E-state index < -0.39 is 0 Å². The van der Waals surface area contributed by atoms with E-state index in [1.54, 1.807) is 0 Å². The Kier molecular flexibility index (Phi) is 6.78. The smallest absolute Gasteiger partial charge is 0.316 e. The number of hydrogen-bond acceptors (Lipinski definition) is 4. The number of aromatic nitrogens is 2. The van der Waals surface area contributed by atoms with Crippen LogP contribution in [0, 0.1) is 18.8 Å². The third-order valence-electron chi connectivity index (χ3n) is 2.85. The molecule has 0 bridgehead atoms. The van der Waals surface area contributed by atoms with Crippen molar-refractivity contribution in [3.05, 3.63) is 17.5 Å². The van der Waals surface area contributed by atoms with Gasteiger partial charge in [-0.3, -0.25) is 0 Å². The molecular formula is C15H27N3O. The highest BCUT2D eigenvalue weighted by atomic mass is 16.5. The van der Waals surface area contributed by atoms with Gasteiger partial charge in [-0.05, 0) is 31.7 Å². The van der Waals surface area contributed by atoms with Gasteiger partial charge in [0, 0.05) is 24.0 Å². The van der Waals surface area contributed by atoms with Crippen LogP contribution in [0.2, 0.25) is 0 Å². The van der Waals surface area contributed by atoms with Gasteiger partial charge in [0.05, 0.1) is 6.61 Å². The van der Waals surface area contributed by atoms with E-state index in [0.29, 0.717) is 24.5 Å². The highest BCUT2D eigenvalue weighted by Crippen LogP contribution is 2.10. The first-order valence-electron chi connectivity index (χ1n) is 7.15. The van der Waals surface area contributed by atoms with Crippen molar-refractivity contribution >= 4 is 0 Å². The summed E-state index contributed by atoms with van der Waals surface area (Å²) in [5.41, 5.74) is 2.13. The summed E-state index contributed by atoms with van der Waals surface area (Å²) in [5, 5.41) is 3.40. The molecule has 4 nitrogen and oxygen atoms in total. The van der Waals surface area contributed by atoms with Gasteiger partial charge >= 0.3 is 6.01 Å². The predicted octanol–water partition coefficient (Wildman–Crippen LogP) is 2.96. The molecule has 0 aliphatic heterocycles. The minimum Gasteiger partial charge on any atom is -0.463 e. The average Bonchev–Trinajstić information content (AvgIpc) is 2.31. The molecule has 1 N–H and O–H groups in total. The monoisotopic (exact) mass is 265 g/mol. The Balaban J connectivity index is 2.45. The van der Waals surface area contributed by atoms with Crippen LogP contribution in [0.3, 0.4) is 0 Å². The molecule has 0 saturated heterocycles. The summed E-state index contributed by atoms with van der Waals surface area (Å²) in [6.07, 6.45) is 2.89. The summed E-state index contributed by atoms with van der Waals surface area (Å²) >= 11 is 0. The first-order valence-corrected chi connectivity index (χ1v) is 7.15. The van der Waals surface area contributed by atoms with Gasteiger partial charge in [-0.1, -0.05) is 27.7 Å². The summed E-state index contributed by atoms with van der Waals surface area (Å²) in [5.74, 6) is 1.29. The minimum atomic E-state index is 0.491. The molecule has 4 heteroatoms. The standard InChI is InChI=1S/C15H27N3O/c1-11(2)6-7-19-15-17-10-14(13(5)18-15)9-16-8-12(3)4/h10-12,16H,6-9H2,1-5H3. The predicted molar refractivity (Wildman–Crippen MR) is 78.3 cm³/mol. The molecule has 1 rings (SSSR count). The lowest BCUT2D eigenvalue weighted by molar-refractivity contribution is 0.267. The fourth-order valence-corrected chi connectivity index (χ4v) is 1.60. The Morgan fingerprint density at radius 3 is 2.53 bits per heavy atom. The third-order valence-corrected chi connectivity index (χ3v) is 2.85. The van der Waals surface area contributed by atoms with Crippen molar-refractivity contribution in [3.63, 3.8) is 0 Å². The van der Waals surface area contributed by atoms with Crippen molar-refractivity contribution in [2.24, 2.45) is 11.8 Å². The molecule has 108 valence electrons. The van der Waals surface area contributed by atoms with Crippen LogP contribution < -0.4 is 10.1 Å². The van der Waals surface area contributed by atoms with E-state index in [2.05, 4.69) is 43.0 Å². The molecule has 0 aromatic carbocycles. The molecule has 0 saturated carbocycles. The molecule has 19 heavy (non-hydrogen) atoms. The van der Waals surface area contributed by atoms with E-state index in [-0.39, 0.29) is 0 Å². The first kappa shape index (κ1) is 15.9. The van der Waals surface area contributed by atoms with Crippen molar-refractivity contribution in [1.82, 2.24) is 15.3 Å². The molecule has 0 radical (unpaired) electrons. The van der Waals surface area contributed by atoms with Crippen LogP contribution in [0.5, 0.6) is 6.01 Å². The lowest BCUT2D eigenvalue weighted by atomic mass is 10.1. The topological polar surface area (TPSA) is 47.0 Å². The Labute approximate surface area is 117 Å². The summed E-state index contributed by atoms with van der Waals surface area (Å²) in [6, 6.07) is 0.491. The molecule has 0 atom stereocenters. The minimum absolute atomic E-state index is 0.491. The van der Waals surface area contributed by atoms with Crippen LogP contribution >= 0.6 is 0 Å². The molecule has 1 heterocycles. The fraction of sp³-hybridized carbons (Fsp3) is 0.733. The van der Waals surface area contributed by atoms with Crippen LogP contribution in [0.4, 0.5) is 0 Å². The average molecular weight is 265 g/mol. The van der Waals surface area contributed by atoms with E-state index in [1.165, 1.54) is 0 Å². The van der Waals surface area contributed by atoms with E-state index in [0.717, 1.165) is 30.8 Å². The zero-order valence-corrected chi connectivity index (χ0v) is 12.9. The molecule has 1 aromatic rings. The second-order valence-electron chi connectivity index (χ2n) is 5.82. The molecule has 1 aromatic heterocycles. The van der Waals surface area contributed by atoms with Crippen LogP contribution in [-0.4, -0.2) is 23.1 Å². The fourth-order valence-electron chi connectivity index (χ4n) is 1.60. The van der Waals surface area contributed by atoms with Crippen LogP contribution in [0.15, 0.2) is 6.20 Å². The Morgan fingerprint density at radius 1 is 1.21 bits per heavy atom. The normalized spacial score (nSPS) is 11.3. The van der Waals surface area contributed by atoms with Crippen LogP contribution in [0.25, 0.3) is 0 Å². The number of aryl methyl sites for hydroxylation is 1. The second kappa shape index (κ2) is 8.10. The third kappa shape index (κ3) is 6.53. The Hall–Kier alpha value is -1.16. The van der Waals surface area contributed by atoms with Gasteiger partial charge in [0.2, 0.25) is 0 Å². The van der Waals surface area contributed by atoms with E-state index >= 15 is 0 Å². The van der Waals surface area contributed by atoms with Crippen molar-refractivity contribution in [2.75, 3.05) is 13.2 Å². The molecule has 0 unspecified atom stereocenters. The van der Waals surface area contributed by atoms with E-state index in [4.69, 9.17) is 4.74 Å².